The van der Waals surface area contributed by atoms with Gasteiger partial charge in [-0.25, -0.2) is 13.6 Å². The Morgan fingerprint density at radius 1 is 1.53 bits per heavy atom. The first-order valence-corrected chi connectivity index (χ1v) is 5.44. The van der Waals surface area contributed by atoms with E-state index in [4.69, 9.17) is 5.73 Å². The number of esters is 1. The highest BCUT2D eigenvalue weighted by Crippen LogP contribution is 2.31. The molecule has 0 saturated heterocycles. The van der Waals surface area contributed by atoms with E-state index in [0.717, 1.165) is 6.07 Å². The van der Waals surface area contributed by atoms with Crippen LogP contribution in [0.2, 0.25) is 0 Å². The average Bonchev–Trinajstić information content (AvgIpc) is 2.33. The number of alkyl halides is 1. The molecule has 1 rings (SSSR count). The minimum absolute atomic E-state index is 0. The molecule has 0 fully saturated rings. The van der Waals surface area contributed by atoms with Crippen molar-refractivity contribution in [1.29, 1.82) is 0 Å². The molecule has 0 aliphatic rings. The normalized spacial score (nSPS) is 13.3. The van der Waals surface area contributed by atoms with Crippen molar-refractivity contribution in [1.82, 2.24) is 0 Å². The number of hydrogen-bond acceptors (Lipinski definition) is 4. The number of benzene rings is 1. The highest BCUT2D eigenvalue weighted by molar-refractivity contribution is 5.85. The second kappa shape index (κ2) is 7.25. The summed E-state index contributed by atoms with van der Waals surface area (Å²) >= 11 is 0. The highest BCUT2D eigenvalue weighted by atomic mass is 35.5. The van der Waals surface area contributed by atoms with Crippen molar-refractivity contribution >= 4 is 18.4 Å². The van der Waals surface area contributed by atoms with Gasteiger partial charge in [-0.3, -0.25) is 0 Å². The van der Waals surface area contributed by atoms with E-state index in [-0.39, 0.29) is 24.6 Å². The van der Waals surface area contributed by atoms with Crippen molar-refractivity contribution in [3.05, 3.63) is 29.1 Å². The molecule has 2 atom stereocenters. The Morgan fingerprint density at radius 3 is 2.63 bits per heavy atom. The lowest BCUT2D eigenvalue weighted by Crippen LogP contribution is -2.32. The van der Waals surface area contributed by atoms with Gasteiger partial charge in [0.1, 0.15) is 0 Å². The summed E-state index contributed by atoms with van der Waals surface area (Å²) in [4.78, 5) is 11.2. The quantitative estimate of drug-likeness (QED) is 0.835. The molecule has 3 N–H and O–H groups in total. The van der Waals surface area contributed by atoms with Crippen LogP contribution in [0.15, 0.2) is 12.1 Å². The molecule has 7 heteroatoms. The number of nitrogens with two attached hydrogens (primary N) is 1. The third kappa shape index (κ3) is 3.78. The average molecular weight is 296 g/mol. The number of phenols is 1. The van der Waals surface area contributed by atoms with E-state index >= 15 is 0 Å². The second-order valence-corrected chi connectivity index (χ2v) is 3.81. The van der Waals surface area contributed by atoms with Crippen LogP contribution in [0.25, 0.3) is 0 Å². The Labute approximate surface area is 116 Å². The number of carbonyl (C=O) groups is 1. The van der Waals surface area contributed by atoms with Gasteiger partial charge < -0.3 is 15.6 Å². The summed E-state index contributed by atoms with van der Waals surface area (Å²) < 4.78 is 31.4. The molecule has 0 aromatic heterocycles. The van der Waals surface area contributed by atoms with Crippen LogP contribution in [0.5, 0.6) is 5.75 Å². The van der Waals surface area contributed by atoms with E-state index in [1.807, 2.05) is 0 Å². The maximum Gasteiger partial charge on any atom is 0.342 e. The SMILES string of the molecule is CCOC(=O)C(F)[C@@H](N)c1c(C)ccc(F)c1O.Cl. The maximum atomic E-state index is 13.7. The Bertz CT molecular complexity index is 457. The van der Waals surface area contributed by atoms with Crippen LogP contribution in [-0.2, 0) is 9.53 Å². The summed E-state index contributed by atoms with van der Waals surface area (Å²) in [7, 11) is 0. The molecule has 0 saturated carbocycles. The molecular weight excluding hydrogens is 280 g/mol. The number of hydrogen-bond donors (Lipinski definition) is 2. The molecule has 0 heterocycles. The molecular formula is C12H16ClF2NO3. The predicted octanol–water partition coefficient (Wildman–Crippen LogP) is 2.16. The van der Waals surface area contributed by atoms with Crippen LogP contribution in [0.3, 0.4) is 0 Å². The van der Waals surface area contributed by atoms with Gasteiger partial charge in [-0.15, -0.1) is 12.4 Å². The zero-order chi connectivity index (χ0) is 13.9. The minimum atomic E-state index is -2.16. The van der Waals surface area contributed by atoms with Gasteiger partial charge in [-0.2, -0.15) is 0 Å². The number of carbonyl (C=O) groups excluding carboxylic acids is 1. The molecule has 0 bridgehead atoms. The van der Waals surface area contributed by atoms with Crippen molar-refractivity contribution in [2.45, 2.75) is 26.1 Å². The van der Waals surface area contributed by atoms with E-state index in [1.165, 1.54) is 19.9 Å². The zero-order valence-electron chi connectivity index (χ0n) is 10.5. The first-order valence-electron chi connectivity index (χ1n) is 5.44. The Hall–Kier alpha value is -1.40. The lowest BCUT2D eigenvalue weighted by atomic mass is 9.97. The molecule has 1 aromatic rings. The van der Waals surface area contributed by atoms with Gasteiger partial charge in [-0.1, -0.05) is 6.07 Å². The lowest BCUT2D eigenvalue weighted by molar-refractivity contribution is -0.149. The maximum absolute atomic E-state index is 13.7. The van der Waals surface area contributed by atoms with Crippen molar-refractivity contribution < 1.29 is 23.4 Å². The number of ether oxygens (including phenoxy) is 1. The largest absolute Gasteiger partial charge is 0.505 e. The molecule has 0 spiro atoms. The molecule has 108 valence electrons. The van der Waals surface area contributed by atoms with Gasteiger partial charge in [-0.05, 0) is 25.5 Å². The number of aryl methyl sites for hydroxylation is 1. The zero-order valence-corrected chi connectivity index (χ0v) is 11.3. The molecule has 19 heavy (non-hydrogen) atoms. The van der Waals surface area contributed by atoms with Gasteiger partial charge in [0.05, 0.1) is 12.6 Å². The van der Waals surface area contributed by atoms with Crippen LogP contribution in [0.1, 0.15) is 24.1 Å². The van der Waals surface area contributed by atoms with E-state index in [0.29, 0.717) is 5.56 Å². The molecule has 0 radical (unpaired) electrons. The minimum Gasteiger partial charge on any atom is -0.505 e. The Balaban J connectivity index is 0.00000324. The predicted molar refractivity (Wildman–Crippen MR) is 68.5 cm³/mol. The summed E-state index contributed by atoms with van der Waals surface area (Å²) in [5.74, 6) is -2.79. The van der Waals surface area contributed by atoms with Crippen LogP contribution in [-0.4, -0.2) is 23.9 Å². The third-order valence-electron chi connectivity index (χ3n) is 2.55. The van der Waals surface area contributed by atoms with E-state index in [9.17, 15) is 18.7 Å². The van der Waals surface area contributed by atoms with Gasteiger partial charge in [0.15, 0.2) is 11.6 Å². The van der Waals surface area contributed by atoms with Gasteiger partial charge >= 0.3 is 5.97 Å². The monoisotopic (exact) mass is 295 g/mol. The lowest BCUT2D eigenvalue weighted by Gasteiger charge is -2.19. The third-order valence-corrected chi connectivity index (χ3v) is 2.55. The van der Waals surface area contributed by atoms with Crippen molar-refractivity contribution in [3.8, 4) is 5.75 Å². The van der Waals surface area contributed by atoms with Crippen LogP contribution >= 0.6 is 12.4 Å². The fraction of sp³-hybridized carbons (Fsp3) is 0.417. The molecule has 1 aromatic carbocycles. The summed E-state index contributed by atoms with van der Waals surface area (Å²) in [6.45, 7) is 3.08. The van der Waals surface area contributed by atoms with Gasteiger partial charge in [0.25, 0.3) is 0 Å². The fourth-order valence-corrected chi connectivity index (χ4v) is 1.62. The number of rotatable bonds is 4. The summed E-state index contributed by atoms with van der Waals surface area (Å²) in [6, 6.07) is 0.917. The van der Waals surface area contributed by atoms with Crippen LogP contribution < -0.4 is 5.73 Å². The smallest absolute Gasteiger partial charge is 0.342 e. The molecule has 1 unspecified atom stereocenters. The standard InChI is InChI=1S/C12H15F2NO3.ClH/c1-3-18-12(17)9(14)10(15)8-6(2)4-5-7(13)11(8)16;/h4-5,9-10,16H,3,15H2,1-2H3;1H/t9?,10-;/m0./s1. The van der Waals surface area contributed by atoms with Crippen molar-refractivity contribution in [2.24, 2.45) is 5.73 Å². The number of phenolic OH excluding ortho intramolecular Hbond substituents is 1. The highest BCUT2D eigenvalue weighted by Gasteiger charge is 2.31. The summed E-state index contributed by atoms with van der Waals surface area (Å²) in [5, 5.41) is 9.54. The molecule has 0 aliphatic heterocycles. The first kappa shape index (κ1) is 17.6. The summed E-state index contributed by atoms with van der Waals surface area (Å²) in [5.41, 5.74) is 5.81. The molecule has 0 aliphatic carbocycles. The van der Waals surface area contributed by atoms with Gasteiger partial charge in [0.2, 0.25) is 6.17 Å². The number of halogens is 3. The van der Waals surface area contributed by atoms with Crippen molar-refractivity contribution in [3.63, 3.8) is 0 Å². The van der Waals surface area contributed by atoms with Crippen molar-refractivity contribution in [2.75, 3.05) is 6.61 Å². The number of aromatic hydroxyl groups is 1. The topological polar surface area (TPSA) is 72.5 Å². The van der Waals surface area contributed by atoms with E-state index in [2.05, 4.69) is 4.74 Å². The second-order valence-electron chi connectivity index (χ2n) is 3.81. The van der Waals surface area contributed by atoms with E-state index < -0.39 is 29.7 Å². The summed E-state index contributed by atoms with van der Waals surface area (Å²) in [6.07, 6.45) is -2.16. The van der Waals surface area contributed by atoms with Crippen LogP contribution in [0, 0.1) is 12.7 Å². The van der Waals surface area contributed by atoms with Gasteiger partial charge in [0, 0.05) is 5.56 Å². The first-order chi connectivity index (χ1) is 8.40. The Kier molecular flexibility index (Phi) is 6.72. The Morgan fingerprint density at radius 2 is 2.11 bits per heavy atom. The molecule has 0 amide bonds. The molecule has 4 nitrogen and oxygen atoms in total. The van der Waals surface area contributed by atoms with E-state index in [1.54, 1.807) is 0 Å². The fourth-order valence-electron chi connectivity index (χ4n) is 1.62. The van der Waals surface area contributed by atoms with Crippen LogP contribution in [0.4, 0.5) is 8.78 Å².